The largest absolute Gasteiger partial charge is 0.354 e. The number of hydrogen-bond donors (Lipinski definition) is 2. The van der Waals surface area contributed by atoms with E-state index < -0.39 is 0 Å². The van der Waals surface area contributed by atoms with Crippen LogP contribution < -0.4 is 10.6 Å². The van der Waals surface area contributed by atoms with Gasteiger partial charge in [0.1, 0.15) is 15.7 Å². The lowest BCUT2D eigenvalue weighted by molar-refractivity contribution is -0.117. The first-order valence-electron chi connectivity index (χ1n) is 6.62. The summed E-state index contributed by atoms with van der Waals surface area (Å²) in [5.41, 5.74) is 0.830. The topological polar surface area (TPSA) is 84.0 Å². The molecule has 3 rings (SSSR count). The Bertz CT molecular complexity index is 694. The van der Waals surface area contributed by atoms with Gasteiger partial charge in [-0.2, -0.15) is 0 Å². The SMILES string of the molecule is CNC(=O)c1cnc(-c2ccnc(NC(=O)C3CC3)c2)s1. The van der Waals surface area contributed by atoms with E-state index in [-0.39, 0.29) is 17.7 Å². The standard InChI is InChI=1S/C14H14N4O2S/c1-15-13(20)10-7-17-14(21-10)9-4-5-16-11(6-9)18-12(19)8-2-3-8/h4-8H,2-3H2,1H3,(H,15,20)(H,16,18,19). The van der Waals surface area contributed by atoms with Crippen molar-refractivity contribution in [3.05, 3.63) is 29.4 Å². The molecule has 0 bridgehead atoms. The van der Waals surface area contributed by atoms with Gasteiger partial charge in [0.25, 0.3) is 5.91 Å². The average molecular weight is 302 g/mol. The van der Waals surface area contributed by atoms with Crippen molar-refractivity contribution < 1.29 is 9.59 Å². The average Bonchev–Trinajstić information content (AvgIpc) is 3.24. The van der Waals surface area contributed by atoms with Crippen molar-refractivity contribution in [3.63, 3.8) is 0 Å². The maximum absolute atomic E-state index is 11.7. The molecule has 1 saturated carbocycles. The van der Waals surface area contributed by atoms with Crippen LogP contribution in [0, 0.1) is 5.92 Å². The van der Waals surface area contributed by atoms with Crippen LogP contribution in [0.1, 0.15) is 22.5 Å². The number of amides is 2. The van der Waals surface area contributed by atoms with Crippen molar-refractivity contribution in [2.45, 2.75) is 12.8 Å². The third kappa shape index (κ3) is 3.08. The minimum Gasteiger partial charge on any atom is -0.354 e. The maximum atomic E-state index is 11.7. The molecule has 2 N–H and O–H groups in total. The van der Waals surface area contributed by atoms with Crippen LogP contribution in [0.2, 0.25) is 0 Å². The Morgan fingerprint density at radius 2 is 2.14 bits per heavy atom. The van der Waals surface area contributed by atoms with Gasteiger partial charge >= 0.3 is 0 Å². The first-order chi connectivity index (χ1) is 10.2. The van der Waals surface area contributed by atoms with Gasteiger partial charge < -0.3 is 10.6 Å². The number of nitrogens with zero attached hydrogens (tertiary/aromatic N) is 2. The van der Waals surface area contributed by atoms with Crippen LogP contribution in [0.25, 0.3) is 10.6 Å². The Labute approximate surface area is 125 Å². The fourth-order valence-corrected chi connectivity index (χ4v) is 2.70. The lowest BCUT2D eigenvalue weighted by atomic mass is 10.2. The van der Waals surface area contributed by atoms with E-state index in [0.29, 0.717) is 10.7 Å². The molecule has 0 atom stereocenters. The van der Waals surface area contributed by atoms with Crippen LogP contribution in [0.4, 0.5) is 5.82 Å². The monoisotopic (exact) mass is 302 g/mol. The molecule has 21 heavy (non-hydrogen) atoms. The number of pyridine rings is 1. The molecule has 108 valence electrons. The zero-order chi connectivity index (χ0) is 14.8. The summed E-state index contributed by atoms with van der Waals surface area (Å²) >= 11 is 1.30. The van der Waals surface area contributed by atoms with Crippen LogP contribution in [0.15, 0.2) is 24.5 Å². The fraction of sp³-hybridized carbons (Fsp3) is 0.286. The minimum atomic E-state index is -0.157. The fourth-order valence-electron chi connectivity index (χ4n) is 1.84. The smallest absolute Gasteiger partial charge is 0.262 e. The number of aromatic nitrogens is 2. The molecule has 0 aliphatic heterocycles. The molecule has 0 aromatic carbocycles. The molecule has 0 spiro atoms. The number of carbonyl (C=O) groups is 2. The summed E-state index contributed by atoms with van der Waals surface area (Å²) in [6.07, 6.45) is 5.07. The van der Waals surface area contributed by atoms with E-state index >= 15 is 0 Å². The van der Waals surface area contributed by atoms with E-state index in [0.717, 1.165) is 23.4 Å². The predicted octanol–water partition coefficient (Wildman–Crippen LogP) is 1.91. The van der Waals surface area contributed by atoms with Crippen molar-refractivity contribution in [1.29, 1.82) is 0 Å². The van der Waals surface area contributed by atoms with Crippen molar-refractivity contribution in [2.24, 2.45) is 5.92 Å². The lowest BCUT2D eigenvalue weighted by Gasteiger charge is -2.04. The molecule has 2 amide bonds. The highest BCUT2D eigenvalue weighted by Crippen LogP contribution is 2.31. The predicted molar refractivity (Wildman–Crippen MR) is 80.1 cm³/mol. The minimum absolute atomic E-state index is 0.0184. The van der Waals surface area contributed by atoms with Gasteiger partial charge in [0.05, 0.1) is 6.20 Å². The number of anilines is 1. The molecule has 1 aliphatic rings. The number of thiazole rings is 1. The third-order valence-corrected chi connectivity index (χ3v) is 4.21. The Balaban J connectivity index is 1.80. The first kappa shape index (κ1) is 13.7. The van der Waals surface area contributed by atoms with E-state index in [1.165, 1.54) is 11.3 Å². The highest BCUT2D eigenvalue weighted by atomic mass is 32.1. The summed E-state index contributed by atoms with van der Waals surface area (Å²) in [4.78, 5) is 32.2. The summed E-state index contributed by atoms with van der Waals surface area (Å²) in [5, 5.41) is 6.09. The summed E-state index contributed by atoms with van der Waals surface area (Å²) in [5.74, 6) is 0.510. The lowest BCUT2D eigenvalue weighted by Crippen LogP contribution is -2.16. The molecule has 0 radical (unpaired) electrons. The number of carbonyl (C=O) groups excluding carboxylic acids is 2. The van der Waals surface area contributed by atoms with Crippen LogP contribution in [0.5, 0.6) is 0 Å². The number of hydrogen-bond acceptors (Lipinski definition) is 5. The summed E-state index contributed by atoms with van der Waals surface area (Å²) in [7, 11) is 1.58. The quantitative estimate of drug-likeness (QED) is 0.903. The molecule has 1 aliphatic carbocycles. The van der Waals surface area contributed by atoms with E-state index in [1.54, 1.807) is 31.6 Å². The molecule has 2 aromatic rings. The second kappa shape index (κ2) is 5.61. The summed E-state index contributed by atoms with van der Waals surface area (Å²) < 4.78 is 0. The third-order valence-electron chi connectivity index (χ3n) is 3.16. The van der Waals surface area contributed by atoms with Gasteiger partial charge in [-0.05, 0) is 25.0 Å². The van der Waals surface area contributed by atoms with Gasteiger partial charge in [-0.25, -0.2) is 9.97 Å². The Morgan fingerprint density at radius 3 is 2.86 bits per heavy atom. The Kier molecular flexibility index (Phi) is 3.66. The molecule has 2 aromatic heterocycles. The molecule has 1 fully saturated rings. The van der Waals surface area contributed by atoms with Gasteiger partial charge in [0.2, 0.25) is 5.91 Å². The zero-order valence-electron chi connectivity index (χ0n) is 11.4. The Hall–Kier alpha value is -2.28. The second-order valence-electron chi connectivity index (χ2n) is 4.80. The van der Waals surface area contributed by atoms with Gasteiger partial charge in [0, 0.05) is 24.7 Å². The van der Waals surface area contributed by atoms with E-state index in [4.69, 9.17) is 0 Å². The van der Waals surface area contributed by atoms with E-state index in [9.17, 15) is 9.59 Å². The molecule has 0 saturated heterocycles. The van der Waals surface area contributed by atoms with E-state index in [2.05, 4.69) is 20.6 Å². The molecule has 2 heterocycles. The van der Waals surface area contributed by atoms with Gasteiger partial charge in [0.15, 0.2) is 0 Å². The van der Waals surface area contributed by atoms with Crippen molar-refractivity contribution in [2.75, 3.05) is 12.4 Å². The van der Waals surface area contributed by atoms with Crippen molar-refractivity contribution >= 4 is 29.0 Å². The molecular weight excluding hydrogens is 288 g/mol. The zero-order valence-corrected chi connectivity index (χ0v) is 12.2. The number of rotatable bonds is 4. The molecule has 7 heteroatoms. The normalized spacial score (nSPS) is 13.8. The Morgan fingerprint density at radius 1 is 1.33 bits per heavy atom. The summed E-state index contributed by atoms with van der Waals surface area (Å²) in [6.45, 7) is 0. The maximum Gasteiger partial charge on any atom is 0.262 e. The van der Waals surface area contributed by atoms with Gasteiger partial charge in [-0.15, -0.1) is 11.3 Å². The van der Waals surface area contributed by atoms with Crippen LogP contribution in [-0.4, -0.2) is 28.8 Å². The van der Waals surface area contributed by atoms with Gasteiger partial charge in [-0.1, -0.05) is 0 Å². The molecule has 6 nitrogen and oxygen atoms in total. The van der Waals surface area contributed by atoms with Crippen LogP contribution in [-0.2, 0) is 4.79 Å². The number of nitrogens with one attached hydrogen (secondary N) is 2. The van der Waals surface area contributed by atoms with E-state index in [1.807, 2.05) is 0 Å². The summed E-state index contributed by atoms with van der Waals surface area (Å²) in [6, 6.07) is 3.58. The van der Waals surface area contributed by atoms with Crippen LogP contribution in [0.3, 0.4) is 0 Å². The van der Waals surface area contributed by atoms with Gasteiger partial charge in [-0.3, -0.25) is 9.59 Å². The highest BCUT2D eigenvalue weighted by molar-refractivity contribution is 7.16. The van der Waals surface area contributed by atoms with Crippen LogP contribution >= 0.6 is 11.3 Å². The molecular formula is C14H14N4O2S. The second-order valence-corrected chi connectivity index (χ2v) is 5.83. The first-order valence-corrected chi connectivity index (χ1v) is 7.44. The van der Waals surface area contributed by atoms with Crippen molar-refractivity contribution in [3.8, 4) is 10.6 Å². The highest BCUT2D eigenvalue weighted by Gasteiger charge is 2.29. The van der Waals surface area contributed by atoms with Crippen molar-refractivity contribution in [1.82, 2.24) is 15.3 Å². The molecule has 0 unspecified atom stereocenters.